The van der Waals surface area contributed by atoms with Crippen LogP contribution in [0.5, 0.6) is 0 Å². The summed E-state index contributed by atoms with van der Waals surface area (Å²) in [4.78, 5) is 36.8. The van der Waals surface area contributed by atoms with E-state index in [9.17, 15) is 14.1 Å². The van der Waals surface area contributed by atoms with Gasteiger partial charge in [-0.15, -0.1) is 11.3 Å². The van der Waals surface area contributed by atoms with Crippen molar-refractivity contribution < 1.29 is 14.1 Å². The molecule has 0 aliphatic carbocycles. The van der Waals surface area contributed by atoms with Crippen molar-refractivity contribution in [1.82, 2.24) is 14.9 Å². The molecule has 10 heteroatoms. The number of thiophene rings is 1. The highest BCUT2D eigenvalue weighted by Crippen LogP contribution is 2.33. The van der Waals surface area contributed by atoms with Crippen molar-refractivity contribution in [2.45, 2.75) is 17.7 Å². The van der Waals surface area contributed by atoms with Crippen LogP contribution in [-0.4, -0.2) is 50.6 Å². The first-order valence-electron chi connectivity index (χ1n) is 10.9. The minimum atomic E-state index is -1.08. The number of benzene rings is 2. The van der Waals surface area contributed by atoms with Crippen LogP contribution in [0.15, 0.2) is 53.6 Å². The fourth-order valence-electron chi connectivity index (χ4n) is 4.18. The van der Waals surface area contributed by atoms with Gasteiger partial charge in [-0.2, -0.15) is 0 Å². The summed E-state index contributed by atoms with van der Waals surface area (Å²) in [6.45, 7) is 1.05. The number of nitrogens with one attached hydrogen (secondary N) is 1. The largest absolute Gasteiger partial charge is 0.612 e. The highest BCUT2D eigenvalue weighted by atomic mass is 32.2. The lowest BCUT2D eigenvalue weighted by molar-refractivity contribution is -0.123. The lowest BCUT2D eigenvalue weighted by Gasteiger charge is -2.30. The number of amides is 2. The van der Waals surface area contributed by atoms with Crippen LogP contribution in [0, 0.1) is 5.92 Å². The zero-order valence-corrected chi connectivity index (χ0v) is 20.1. The zero-order valence-electron chi connectivity index (χ0n) is 18.5. The molecule has 0 bridgehead atoms. The van der Waals surface area contributed by atoms with Gasteiger partial charge in [0.15, 0.2) is 4.90 Å². The molecule has 3 heterocycles. The molecule has 174 valence electrons. The summed E-state index contributed by atoms with van der Waals surface area (Å²) in [5.74, 6) is -0.0593. The average Bonchev–Trinajstić information content (AvgIpc) is 3.29. The highest BCUT2D eigenvalue weighted by Gasteiger charge is 2.27. The molecule has 1 atom stereocenters. The van der Waals surface area contributed by atoms with E-state index in [1.807, 2.05) is 42.5 Å². The molecular weight excluding hydrogens is 470 g/mol. The van der Waals surface area contributed by atoms with E-state index in [4.69, 9.17) is 10.7 Å². The SMILES string of the molecule is C[S+]([O-])c1cccc(Nc2ncc3ccc4sc(C(=O)N5CCC(C(N)=O)CC5)cc4c3n2)c1. The standard InChI is InChI=1S/C24H23N5O3S2/c1-34(32)17-4-2-3-16(11-17)27-24-26-13-15-5-6-19-18(21(15)28-24)12-20(33-19)23(31)29-9-7-14(8-10-29)22(25)30/h2-6,11-14H,7-10H2,1H3,(H2,25,30)(H,26,27,28). The number of hydrogen-bond donors (Lipinski definition) is 2. The first-order chi connectivity index (χ1) is 16.4. The molecule has 2 aromatic carbocycles. The number of carbonyl (C=O) groups is 2. The first-order valence-corrected chi connectivity index (χ1v) is 13.2. The number of piperidine rings is 1. The summed E-state index contributed by atoms with van der Waals surface area (Å²) in [6, 6.07) is 13.1. The van der Waals surface area contributed by atoms with Gasteiger partial charge >= 0.3 is 0 Å². The van der Waals surface area contributed by atoms with Gasteiger partial charge < -0.3 is 20.5 Å². The maximum atomic E-state index is 13.1. The molecule has 1 aliphatic rings. The molecule has 0 saturated carbocycles. The monoisotopic (exact) mass is 493 g/mol. The lowest BCUT2D eigenvalue weighted by atomic mass is 9.96. The molecule has 3 N–H and O–H groups in total. The van der Waals surface area contributed by atoms with Gasteiger partial charge in [-0.05, 0) is 54.3 Å². The van der Waals surface area contributed by atoms with E-state index in [2.05, 4.69) is 10.3 Å². The van der Waals surface area contributed by atoms with Crippen LogP contribution in [0.1, 0.15) is 22.5 Å². The second-order valence-corrected chi connectivity index (χ2v) is 10.8. The lowest BCUT2D eigenvalue weighted by Crippen LogP contribution is -2.41. The number of fused-ring (bicyclic) bond motifs is 3. The van der Waals surface area contributed by atoms with Gasteiger partial charge in [-0.25, -0.2) is 9.97 Å². The molecule has 34 heavy (non-hydrogen) atoms. The van der Waals surface area contributed by atoms with Gasteiger partial charge in [0.1, 0.15) is 6.26 Å². The van der Waals surface area contributed by atoms with Gasteiger partial charge in [0, 0.05) is 52.4 Å². The molecule has 8 nitrogen and oxygen atoms in total. The summed E-state index contributed by atoms with van der Waals surface area (Å²) < 4.78 is 12.8. The number of hydrogen-bond acceptors (Lipinski definition) is 7. The van der Waals surface area contributed by atoms with Crippen LogP contribution in [0.4, 0.5) is 11.6 Å². The Balaban J connectivity index is 1.43. The van der Waals surface area contributed by atoms with Crippen molar-refractivity contribution in [1.29, 1.82) is 0 Å². The summed E-state index contributed by atoms with van der Waals surface area (Å²) in [5.41, 5.74) is 6.92. The second-order valence-electron chi connectivity index (χ2n) is 8.30. The van der Waals surface area contributed by atoms with Gasteiger partial charge in [-0.3, -0.25) is 9.59 Å². The van der Waals surface area contributed by atoms with E-state index in [0.29, 0.717) is 41.7 Å². The summed E-state index contributed by atoms with van der Waals surface area (Å²) >= 11 is 0.354. The van der Waals surface area contributed by atoms with Crippen molar-refractivity contribution in [3.05, 3.63) is 53.5 Å². The third-order valence-corrected chi connectivity index (χ3v) is 8.07. The highest BCUT2D eigenvalue weighted by molar-refractivity contribution is 7.90. The Kier molecular flexibility index (Phi) is 6.11. The van der Waals surface area contributed by atoms with Crippen LogP contribution in [0.25, 0.3) is 21.0 Å². The van der Waals surface area contributed by atoms with E-state index in [1.165, 1.54) is 11.3 Å². The minimum Gasteiger partial charge on any atom is -0.612 e. The van der Waals surface area contributed by atoms with E-state index < -0.39 is 11.2 Å². The third kappa shape index (κ3) is 4.44. The van der Waals surface area contributed by atoms with Crippen molar-refractivity contribution >= 4 is 67.0 Å². The Hall–Kier alpha value is -3.21. The van der Waals surface area contributed by atoms with Crippen LogP contribution in [0.2, 0.25) is 0 Å². The third-order valence-electron chi connectivity index (χ3n) is 6.06. The van der Waals surface area contributed by atoms with Crippen LogP contribution in [-0.2, 0) is 16.0 Å². The Morgan fingerprint density at radius 2 is 2.00 bits per heavy atom. The van der Waals surface area contributed by atoms with Gasteiger partial charge in [0.05, 0.1) is 10.4 Å². The molecule has 5 rings (SSSR count). The molecule has 1 aliphatic heterocycles. The van der Waals surface area contributed by atoms with Gasteiger partial charge in [0.2, 0.25) is 11.9 Å². The quantitative estimate of drug-likeness (QED) is 0.409. The average molecular weight is 494 g/mol. The smallest absolute Gasteiger partial charge is 0.263 e. The number of nitrogens with zero attached hydrogens (tertiary/aromatic N) is 3. The van der Waals surface area contributed by atoms with E-state index in [0.717, 1.165) is 26.7 Å². The summed E-state index contributed by atoms with van der Waals surface area (Å²) in [5, 5.41) is 4.95. The number of primary amides is 1. The Labute approximate surface area is 203 Å². The number of anilines is 2. The number of carbonyl (C=O) groups excluding carboxylic acids is 2. The first kappa shape index (κ1) is 22.6. The van der Waals surface area contributed by atoms with Crippen molar-refractivity contribution in [3.8, 4) is 0 Å². The van der Waals surface area contributed by atoms with Crippen LogP contribution < -0.4 is 11.1 Å². The van der Waals surface area contributed by atoms with Crippen LogP contribution >= 0.6 is 11.3 Å². The predicted molar refractivity (Wildman–Crippen MR) is 135 cm³/mol. The molecule has 1 saturated heterocycles. The topological polar surface area (TPSA) is 124 Å². The van der Waals surface area contributed by atoms with E-state index >= 15 is 0 Å². The summed E-state index contributed by atoms with van der Waals surface area (Å²) in [6.07, 6.45) is 4.59. The molecule has 0 spiro atoms. The van der Waals surface area contributed by atoms with Gasteiger partial charge in [-0.1, -0.05) is 6.07 Å². The Morgan fingerprint density at radius 3 is 2.74 bits per heavy atom. The van der Waals surface area contributed by atoms with E-state index in [-0.39, 0.29) is 17.7 Å². The number of nitrogens with two attached hydrogens (primary N) is 1. The molecule has 2 amide bonds. The fourth-order valence-corrected chi connectivity index (χ4v) is 5.77. The fraction of sp³-hybridized carbons (Fsp3) is 0.250. The number of aromatic nitrogens is 2. The maximum absolute atomic E-state index is 13.1. The molecule has 0 radical (unpaired) electrons. The molecule has 1 unspecified atom stereocenters. The zero-order chi connectivity index (χ0) is 23.8. The Bertz CT molecular complexity index is 1400. The molecule has 1 fully saturated rings. The van der Waals surface area contributed by atoms with Crippen molar-refractivity contribution in [2.75, 3.05) is 24.7 Å². The molecule has 4 aromatic rings. The second kappa shape index (κ2) is 9.21. The number of rotatable bonds is 5. The molecule has 2 aromatic heterocycles. The van der Waals surface area contributed by atoms with Gasteiger partial charge in [0.25, 0.3) is 5.91 Å². The summed E-state index contributed by atoms with van der Waals surface area (Å²) in [7, 11) is 0. The normalized spacial score (nSPS) is 15.5. The predicted octanol–water partition coefficient (Wildman–Crippen LogP) is 3.66. The number of likely N-dealkylation sites (tertiary alicyclic amines) is 1. The van der Waals surface area contributed by atoms with E-state index in [1.54, 1.807) is 17.4 Å². The van der Waals surface area contributed by atoms with Crippen LogP contribution in [0.3, 0.4) is 0 Å². The maximum Gasteiger partial charge on any atom is 0.263 e. The molecular formula is C24H23N5O3S2. The Morgan fingerprint density at radius 1 is 1.21 bits per heavy atom. The van der Waals surface area contributed by atoms with Crippen molar-refractivity contribution in [2.24, 2.45) is 11.7 Å². The minimum absolute atomic E-state index is 0.0333. The van der Waals surface area contributed by atoms with Crippen molar-refractivity contribution in [3.63, 3.8) is 0 Å².